The third kappa shape index (κ3) is 16.6. The summed E-state index contributed by atoms with van der Waals surface area (Å²) in [4.78, 5) is 1.03. The number of benzene rings is 8. The molecule has 2 fully saturated rings. The van der Waals surface area contributed by atoms with Crippen LogP contribution in [-0.2, 0) is 93.6 Å². The first-order valence-corrected chi connectivity index (χ1v) is 28.2. The molecule has 10 rings (SSSR count). The van der Waals surface area contributed by atoms with Gasteiger partial charge in [0.2, 0.25) is 0 Å². The van der Waals surface area contributed by atoms with Gasteiger partial charge in [-0.3, -0.25) is 0 Å². The van der Waals surface area contributed by atoms with E-state index in [0.29, 0.717) is 26.4 Å². The molecule has 2 saturated heterocycles. The van der Waals surface area contributed by atoms with Gasteiger partial charge in [-0.05, 0) is 58.0 Å². The molecule has 2 aliphatic heterocycles. The lowest BCUT2D eigenvalue weighted by Crippen LogP contribution is -2.63. The Morgan fingerprint density at radius 3 is 1.01 bits per heavy atom. The number of rotatable bonds is 27. The van der Waals surface area contributed by atoms with E-state index in [1.54, 1.807) is 11.8 Å². The second-order valence-electron chi connectivity index (χ2n) is 19.9. The quantitative estimate of drug-likeness (QED) is 0.0493. The van der Waals surface area contributed by atoms with Crippen LogP contribution in [0.25, 0.3) is 0 Å². The molecule has 408 valence electrons. The first-order chi connectivity index (χ1) is 39.1. The maximum Gasteiger partial charge on any atom is 0.187 e. The van der Waals surface area contributed by atoms with Gasteiger partial charge in [-0.15, -0.1) is 0 Å². The minimum atomic E-state index is -0.997. The lowest BCUT2D eigenvalue weighted by Gasteiger charge is -2.48. The van der Waals surface area contributed by atoms with Crippen molar-refractivity contribution >= 4 is 11.8 Å². The van der Waals surface area contributed by atoms with Crippen molar-refractivity contribution in [2.45, 2.75) is 119 Å². The fourth-order valence-corrected chi connectivity index (χ4v) is 10.9. The number of hydrogen-bond donors (Lipinski definition) is 0. The van der Waals surface area contributed by atoms with E-state index in [1.807, 2.05) is 140 Å². The van der Waals surface area contributed by atoms with E-state index in [4.69, 9.17) is 47.4 Å². The topological polar surface area (TPSA) is 92.3 Å². The monoisotopic (exact) mass is 1080 g/mol. The summed E-state index contributed by atoms with van der Waals surface area (Å²) >= 11 is 1.60. The van der Waals surface area contributed by atoms with Crippen LogP contribution in [-0.4, -0.2) is 73.8 Å². The van der Waals surface area contributed by atoms with E-state index in [1.165, 1.54) is 0 Å². The molecule has 0 bridgehead atoms. The van der Waals surface area contributed by atoms with Gasteiger partial charge in [0, 0.05) is 4.90 Å². The summed E-state index contributed by atoms with van der Waals surface area (Å²) in [6, 6.07) is 79.5. The first kappa shape index (κ1) is 56.0. The minimum Gasteiger partial charge on any atom is -0.374 e. The molecule has 2 aliphatic rings. The van der Waals surface area contributed by atoms with Crippen LogP contribution in [0.1, 0.15) is 44.5 Å². The average molecular weight is 1080 g/mol. The summed E-state index contributed by atoms with van der Waals surface area (Å²) in [5.74, 6) is 0. The van der Waals surface area contributed by atoms with E-state index in [0.717, 1.165) is 49.4 Å². The Kier molecular flexibility index (Phi) is 21.1. The maximum atomic E-state index is 7.37. The summed E-state index contributed by atoms with van der Waals surface area (Å²) in [6.07, 6.45) is -6.42. The molecule has 10 nitrogen and oxygen atoms in total. The molecule has 0 aromatic heterocycles. The van der Waals surface area contributed by atoms with Crippen molar-refractivity contribution in [1.82, 2.24) is 0 Å². The highest BCUT2D eigenvalue weighted by molar-refractivity contribution is 7.99. The molecule has 0 saturated carbocycles. The molecule has 0 amide bonds. The zero-order chi connectivity index (χ0) is 53.7. The number of thioether (sulfide) groups is 1. The zero-order valence-electron chi connectivity index (χ0n) is 44.6. The van der Waals surface area contributed by atoms with Crippen molar-refractivity contribution in [2.24, 2.45) is 0 Å². The standard InChI is InChI=1S/C68H70O10S/c1-50-37-39-58(40-38-50)79-68-66(75-47-57-35-21-8-22-36-57)64(73-45-55-31-17-6-18-32-55)62(71-43-53-27-13-4-14-28-53)60(78-68)49-76-67-65(74-46-56-33-19-7-20-34-56)63(72-44-54-29-15-5-16-30-54)61(70-42-52-25-11-3-12-26-52)59(77-67)48-69-41-51-23-9-2-10-24-51/h2-40,59-68H,41-49H2,1H3/t59-,60-,61+,62+,63+,64+,65-,66-,67+,68+/m1/s1. The lowest BCUT2D eigenvalue weighted by atomic mass is 9.97. The van der Waals surface area contributed by atoms with Crippen molar-refractivity contribution in [1.29, 1.82) is 0 Å². The molecule has 0 N–H and O–H groups in total. The Balaban J connectivity index is 1.02. The Morgan fingerprint density at radius 2 is 0.620 bits per heavy atom. The van der Waals surface area contributed by atoms with Crippen molar-refractivity contribution < 1.29 is 47.4 Å². The van der Waals surface area contributed by atoms with Crippen LogP contribution in [0.5, 0.6) is 0 Å². The molecule has 10 atom stereocenters. The Labute approximate surface area is 469 Å². The second-order valence-corrected chi connectivity index (χ2v) is 21.1. The van der Waals surface area contributed by atoms with Gasteiger partial charge in [-0.2, -0.15) is 0 Å². The Hall–Kier alpha value is -6.29. The van der Waals surface area contributed by atoms with Crippen LogP contribution in [0.2, 0.25) is 0 Å². The number of ether oxygens (including phenoxy) is 10. The van der Waals surface area contributed by atoms with E-state index >= 15 is 0 Å². The first-order valence-electron chi connectivity index (χ1n) is 27.3. The smallest absolute Gasteiger partial charge is 0.187 e. The molecular formula is C68H70O10S. The third-order valence-electron chi connectivity index (χ3n) is 14.0. The van der Waals surface area contributed by atoms with Gasteiger partial charge in [-0.1, -0.05) is 242 Å². The van der Waals surface area contributed by atoms with E-state index in [-0.39, 0.29) is 33.0 Å². The molecule has 2 heterocycles. The van der Waals surface area contributed by atoms with Gasteiger partial charge in [0.1, 0.15) is 54.3 Å². The van der Waals surface area contributed by atoms with Crippen LogP contribution < -0.4 is 0 Å². The van der Waals surface area contributed by atoms with Crippen molar-refractivity contribution in [3.8, 4) is 0 Å². The zero-order valence-corrected chi connectivity index (χ0v) is 45.5. The summed E-state index contributed by atoms with van der Waals surface area (Å²) in [5, 5.41) is 0. The number of hydrogen-bond acceptors (Lipinski definition) is 11. The van der Waals surface area contributed by atoms with E-state index in [9.17, 15) is 0 Å². The maximum absolute atomic E-state index is 7.37. The molecule has 79 heavy (non-hydrogen) atoms. The van der Waals surface area contributed by atoms with Crippen molar-refractivity contribution in [3.63, 3.8) is 0 Å². The molecular weight excluding hydrogens is 1010 g/mol. The minimum absolute atomic E-state index is 0.0232. The normalized spacial score (nSPS) is 23.1. The predicted octanol–water partition coefficient (Wildman–Crippen LogP) is 13.3. The van der Waals surface area contributed by atoms with Gasteiger partial charge in [0.05, 0.1) is 59.5 Å². The highest BCUT2D eigenvalue weighted by Gasteiger charge is 2.52. The molecule has 0 unspecified atom stereocenters. The summed E-state index contributed by atoms with van der Waals surface area (Å²) in [5.41, 5.74) is 7.70. The van der Waals surface area contributed by atoms with Gasteiger partial charge in [-0.25, -0.2) is 0 Å². The molecule has 8 aromatic rings. The lowest BCUT2D eigenvalue weighted by molar-refractivity contribution is -0.337. The van der Waals surface area contributed by atoms with Gasteiger partial charge < -0.3 is 47.4 Å². The molecule has 0 aliphatic carbocycles. The van der Waals surface area contributed by atoms with Crippen molar-refractivity contribution in [3.05, 3.63) is 281 Å². The van der Waals surface area contributed by atoms with Gasteiger partial charge in [0.25, 0.3) is 0 Å². The summed E-state index contributed by atoms with van der Waals surface area (Å²) in [7, 11) is 0. The Morgan fingerprint density at radius 1 is 0.304 bits per heavy atom. The van der Waals surface area contributed by atoms with Gasteiger partial charge >= 0.3 is 0 Å². The third-order valence-corrected chi connectivity index (χ3v) is 15.1. The SMILES string of the molecule is Cc1ccc(S[C@@H]2O[C@H](CO[C@H]3O[C@H](COCc4ccccc4)[C@H](OCc4ccccc4)[C@H](OCc4ccccc4)[C@H]3OCc3ccccc3)[C@H](OCc3ccccc3)[C@H](OCc3ccccc3)[C@H]2OCc2ccccc2)cc1. The highest BCUT2D eigenvalue weighted by Crippen LogP contribution is 2.40. The largest absolute Gasteiger partial charge is 0.374 e. The number of aryl methyl sites for hydroxylation is 1. The molecule has 11 heteroatoms. The highest BCUT2D eigenvalue weighted by atomic mass is 32.2. The fraction of sp³-hybridized carbons (Fsp3) is 0.294. The van der Waals surface area contributed by atoms with Crippen molar-refractivity contribution in [2.75, 3.05) is 13.2 Å². The second kappa shape index (κ2) is 29.8. The van der Waals surface area contributed by atoms with Gasteiger partial charge in [0.15, 0.2) is 6.29 Å². The van der Waals surface area contributed by atoms with E-state index < -0.39 is 60.6 Å². The summed E-state index contributed by atoms with van der Waals surface area (Å²) in [6.45, 7) is 4.45. The van der Waals surface area contributed by atoms with Crippen LogP contribution in [0, 0.1) is 6.92 Å². The fourth-order valence-electron chi connectivity index (χ4n) is 9.80. The predicted molar refractivity (Wildman–Crippen MR) is 307 cm³/mol. The molecule has 0 radical (unpaired) electrons. The Bertz CT molecular complexity index is 2930. The van der Waals surface area contributed by atoms with E-state index in [2.05, 4.69) is 104 Å². The van der Waals surface area contributed by atoms with Crippen LogP contribution in [0.3, 0.4) is 0 Å². The molecule has 0 spiro atoms. The van der Waals surface area contributed by atoms with Crippen LogP contribution in [0.4, 0.5) is 0 Å². The molecule has 8 aromatic carbocycles. The van der Waals surface area contributed by atoms with Crippen LogP contribution >= 0.6 is 11.8 Å². The summed E-state index contributed by atoms with van der Waals surface area (Å²) < 4.78 is 70.8. The van der Waals surface area contributed by atoms with Crippen LogP contribution in [0.15, 0.2) is 241 Å². The average Bonchev–Trinajstić information content (AvgIpc) is 3.55.